The number of carbonyl (C=O) groups is 3. The van der Waals surface area contributed by atoms with E-state index in [9.17, 15) is 14.4 Å². The number of hydrogen-bond donors (Lipinski definition) is 2. The van der Waals surface area contributed by atoms with E-state index in [0.717, 1.165) is 28.2 Å². The number of aryl methyl sites for hydroxylation is 2. The number of hydrogen-bond acceptors (Lipinski definition) is 4. The Kier molecular flexibility index (Phi) is 4.93. The van der Waals surface area contributed by atoms with E-state index in [1.807, 2.05) is 42.6 Å². The van der Waals surface area contributed by atoms with Crippen LogP contribution in [0.3, 0.4) is 0 Å². The number of nitrogens with one attached hydrogen (secondary N) is 2. The Hall–Kier alpha value is -2.67. The van der Waals surface area contributed by atoms with Gasteiger partial charge in [-0.05, 0) is 55.2 Å². The first-order valence-corrected chi connectivity index (χ1v) is 10.4. The molecule has 1 atom stereocenters. The largest absolute Gasteiger partial charge is 0.354 e. The average molecular weight is 398 g/mol. The van der Waals surface area contributed by atoms with E-state index >= 15 is 0 Å². The maximum atomic E-state index is 13.1. The minimum atomic E-state index is -0.994. The molecule has 1 aliphatic heterocycles. The standard InChI is InChI=1S/C21H23N3O3S/c1-14-5-2-3-6-15(14)8-11-22-18(25)13-24-19(26)21(23-20(24)27)10-4-7-17-16(21)9-12-28-17/h2-3,5-6,9,12H,4,7-8,10-11,13H2,1H3,(H,22,25)(H,23,27)/t21-/m1/s1. The van der Waals surface area contributed by atoms with Gasteiger partial charge >= 0.3 is 6.03 Å². The fourth-order valence-electron chi connectivity index (χ4n) is 4.11. The third-order valence-electron chi connectivity index (χ3n) is 5.62. The Balaban J connectivity index is 1.39. The SMILES string of the molecule is Cc1ccccc1CCNC(=O)CN1C(=O)N[C@@]2(CCCc3sccc32)C1=O. The number of imide groups is 1. The molecule has 2 aromatic rings. The van der Waals surface area contributed by atoms with Crippen molar-refractivity contribution in [2.45, 2.75) is 38.1 Å². The van der Waals surface area contributed by atoms with Crippen molar-refractivity contribution in [3.63, 3.8) is 0 Å². The molecule has 28 heavy (non-hydrogen) atoms. The van der Waals surface area contributed by atoms with Gasteiger partial charge in [-0.15, -0.1) is 11.3 Å². The van der Waals surface area contributed by atoms with Gasteiger partial charge in [-0.25, -0.2) is 4.79 Å². The lowest BCUT2D eigenvalue weighted by molar-refractivity contribution is -0.135. The predicted molar refractivity (Wildman–Crippen MR) is 107 cm³/mol. The normalized spacial score (nSPS) is 21.0. The first-order valence-electron chi connectivity index (χ1n) is 9.53. The zero-order chi connectivity index (χ0) is 19.7. The van der Waals surface area contributed by atoms with Crippen LogP contribution in [0.5, 0.6) is 0 Å². The van der Waals surface area contributed by atoms with E-state index in [1.54, 1.807) is 11.3 Å². The summed E-state index contributed by atoms with van der Waals surface area (Å²) in [4.78, 5) is 40.1. The van der Waals surface area contributed by atoms with Gasteiger partial charge in [0.2, 0.25) is 5.91 Å². The number of thiophene rings is 1. The molecular weight excluding hydrogens is 374 g/mol. The summed E-state index contributed by atoms with van der Waals surface area (Å²) in [5, 5.41) is 7.65. The van der Waals surface area contributed by atoms with Crippen LogP contribution in [0, 0.1) is 6.92 Å². The van der Waals surface area contributed by atoms with Gasteiger partial charge in [0, 0.05) is 17.0 Å². The molecular formula is C21H23N3O3S. The molecule has 146 valence electrons. The van der Waals surface area contributed by atoms with Crippen LogP contribution in [0.2, 0.25) is 0 Å². The molecule has 2 heterocycles. The highest BCUT2D eigenvalue weighted by atomic mass is 32.1. The van der Waals surface area contributed by atoms with Crippen molar-refractivity contribution in [2.75, 3.05) is 13.1 Å². The van der Waals surface area contributed by atoms with Crippen molar-refractivity contribution < 1.29 is 14.4 Å². The molecule has 4 amide bonds. The summed E-state index contributed by atoms with van der Waals surface area (Å²) >= 11 is 1.61. The van der Waals surface area contributed by atoms with Crippen LogP contribution in [0.15, 0.2) is 35.7 Å². The zero-order valence-corrected chi connectivity index (χ0v) is 16.6. The van der Waals surface area contributed by atoms with E-state index in [-0.39, 0.29) is 18.4 Å². The van der Waals surface area contributed by atoms with Crippen LogP contribution in [0.1, 0.15) is 34.4 Å². The van der Waals surface area contributed by atoms with Gasteiger partial charge in [0.1, 0.15) is 12.1 Å². The predicted octanol–water partition coefficient (Wildman–Crippen LogP) is 2.50. The van der Waals surface area contributed by atoms with Crippen LogP contribution < -0.4 is 10.6 Å². The lowest BCUT2D eigenvalue weighted by Gasteiger charge is -2.31. The number of nitrogens with zero attached hydrogens (tertiary/aromatic N) is 1. The van der Waals surface area contributed by atoms with E-state index in [1.165, 1.54) is 11.1 Å². The Morgan fingerprint density at radius 1 is 1.29 bits per heavy atom. The average Bonchev–Trinajstić information content (AvgIpc) is 3.24. The molecule has 0 bridgehead atoms. The first-order chi connectivity index (χ1) is 13.5. The lowest BCUT2D eigenvalue weighted by Crippen LogP contribution is -2.46. The van der Waals surface area contributed by atoms with Crippen LogP contribution in [-0.4, -0.2) is 35.8 Å². The second kappa shape index (κ2) is 7.39. The molecule has 2 aliphatic rings. The van der Waals surface area contributed by atoms with Gasteiger partial charge < -0.3 is 10.6 Å². The van der Waals surface area contributed by atoms with Crippen molar-refractivity contribution >= 4 is 29.2 Å². The van der Waals surface area contributed by atoms with E-state index < -0.39 is 11.6 Å². The molecule has 6 nitrogen and oxygen atoms in total. The molecule has 1 spiro atoms. The van der Waals surface area contributed by atoms with Crippen LogP contribution in [-0.2, 0) is 28.0 Å². The maximum Gasteiger partial charge on any atom is 0.325 e. The highest BCUT2D eigenvalue weighted by Crippen LogP contribution is 2.41. The topological polar surface area (TPSA) is 78.5 Å². The van der Waals surface area contributed by atoms with Gasteiger partial charge in [-0.1, -0.05) is 24.3 Å². The molecule has 2 N–H and O–H groups in total. The van der Waals surface area contributed by atoms with Crippen molar-refractivity contribution in [2.24, 2.45) is 0 Å². The first kappa shape index (κ1) is 18.7. The quantitative estimate of drug-likeness (QED) is 0.761. The Labute approximate surface area is 167 Å². The second-order valence-electron chi connectivity index (χ2n) is 7.36. The third-order valence-corrected chi connectivity index (χ3v) is 6.60. The summed E-state index contributed by atoms with van der Waals surface area (Å²) < 4.78 is 0. The highest BCUT2D eigenvalue weighted by Gasteiger charge is 2.54. The summed E-state index contributed by atoms with van der Waals surface area (Å²) in [6.07, 6.45) is 3.06. The van der Waals surface area contributed by atoms with E-state index in [4.69, 9.17) is 0 Å². The Bertz CT molecular complexity index is 938. The minimum Gasteiger partial charge on any atom is -0.354 e. The van der Waals surface area contributed by atoms with Crippen LogP contribution in [0.4, 0.5) is 4.79 Å². The number of carbonyl (C=O) groups excluding carboxylic acids is 3. The lowest BCUT2D eigenvalue weighted by atomic mass is 9.80. The number of amides is 4. The maximum absolute atomic E-state index is 13.1. The van der Waals surface area contributed by atoms with Crippen molar-refractivity contribution in [1.82, 2.24) is 15.5 Å². The van der Waals surface area contributed by atoms with Crippen molar-refractivity contribution in [1.29, 1.82) is 0 Å². The number of benzene rings is 1. The van der Waals surface area contributed by atoms with Crippen LogP contribution >= 0.6 is 11.3 Å². The fourth-order valence-corrected chi connectivity index (χ4v) is 5.11. The molecule has 1 aromatic carbocycles. The van der Waals surface area contributed by atoms with Crippen LogP contribution in [0.25, 0.3) is 0 Å². The third kappa shape index (κ3) is 3.20. The molecule has 1 fully saturated rings. The summed E-state index contributed by atoms with van der Waals surface area (Å²) in [5.41, 5.74) is 2.25. The van der Waals surface area contributed by atoms with Gasteiger partial charge in [0.15, 0.2) is 0 Å². The van der Waals surface area contributed by atoms with Crippen molar-refractivity contribution in [3.05, 3.63) is 57.3 Å². The molecule has 0 unspecified atom stereocenters. The Morgan fingerprint density at radius 3 is 2.93 bits per heavy atom. The summed E-state index contributed by atoms with van der Waals surface area (Å²) in [6.45, 7) is 2.25. The van der Waals surface area contributed by atoms with Gasteiger partial charge in [0.25, 0.3) is 5.91 Å². The molecule has 7 heteroatoms. The monoisotopic (exact) mass is 397 g/mol. The summed E-state index contributed by atoms with van der Waals surface area (Å²) in [5.74, 6) is -0.638. The van der Waals surface area contributed by atoms with Gasteiger partial charge in [0.05, 0.1) is 0 Å². The zero-order valence-electron chi connectivity index (χ0n) is 15.8. The van der Waals surface area contributed by atoms with E-state index in [2.05, 4.69) is 10.6 Å². The fraction of sp³-hybridized carbons (Fsp3) is 0.381. The van der Waals surface area contributed by atoms with Gasteiger partial charge in [-0.3, -0.25) is 14.5 Å². The molecule has 4 rings (SSSR count). The Morgan fingerprint density at radius 2 is 2.11 bits per heavy atom. The highest BCUT2D eigenvalue weighted by molar-refractivity contribution is 7.10. The molecule has 1 aliphatic carbocycles. The molecule has 1 aromatic heterocycles. The summed E-state index contributed by atoms with van der Waals surface area (Å²) in [7, 11) is 0. The molecule has 1 saturated heterocycles. The minimum absolute atomic E-state index is 0.250. The second-order valence-corrected chi connectivity index (χ2v) is 8.36. The smallest absolute Gasteiger partial charge is 0.325 e. The van der Waals surface area contributed by atoms with E-state index in [0.29, 0.717) is 19.4 Å². The summed E-state index contributed by atoms with van der Waals surface area (Å²) in [6, 6.07) is 9.45. The number of urea groups is 1. The molecule has 0 radical (unpaired) electrons. The number of fused-ring (bicyclic) bond motifs is 2. The number of rotatable bonds is 5. The molecule has 0 saturated carbocycles. The van der Waals surface area contributed by atoms with Gasteiger partial charge in [-0.2, -0.15) is 0 Å². The van der Waals surface area contributed by atoms with Crippen molar-refractivity contribution in [3.8, 4) is 0 Å².